The van der Waals surface area contributed by atoms with Gasteiger partial charge in [-0.2, -0.15) is 18.3 Å². The molecule has 1 saturated heterocycles. The second kappa shape index (κ2) is 12.4. The molecule has 0 bridgehead atoms. The number of hydrogen-bond donors (Lipinski definition) is 5. The molecule has 0 radical (unpaired) electrons. The standard InChI is InChI=1S/C24H23ClF3N9O2.CH2O2/c1-12(23(39)36-6-4-13(29)11-36)33-22(38)15-3-2-14(8-17(15)25)34-20-21-31-10-18(37(21)7-5-30-20)16-9-32-35-19(16)24(26,27)28;2-1-3/h2-3,5,7-10,12-13H,4,6,11,29H2,1H3,(H,30,34)(H,32,35)(H,33,38);1H,(H,2,3)/t12-,13-;/m1./s1. The lowest BCUT2D eigenvalue weighted by Crippen LogP contribution is -2.46. The molecule has 0 spiro atoms. The lowest BCUT2D eigenvalue weighted by atomic mass is 10.1. The number of nitrogens with one attached hydrogen (secondary N) is 3. The highest BCUT2D eigenvalue weighted by Crippen LogP contribution is 2.36. The van der Waals surface area contributed by atoms with Crippen molar-refractivity contribution in [2.75, 3.05) is 18.4 Å². The molecule has 17 heteroatoms. The van der Waals surface area contributed by atoms with Crippen LogP contribution < -0.4 is 16.4 Å². The van der Waals surface area contributed by atoms with Gasteiger partial charge in [-0.25, -0.2) is 9.97 Å². The quantitative estimate of drug-likeness (QED) is 0.206. The van der Waals surface area contributed by atoms with Crippen molar-refractivity contribution in [2.24, 2.45) is 5.73 Å². The van der Waals surface area contributed by atoms with Gasteiger partial charge in [0.15, 0.2) is 11.5 Å². The monoisotopic (exact) mass is 607 g/mol. The number of aromatic amines is 1. The van der Waals surface area contributed by atoms with Gasteiger partial charge in [0, 0.05) is 37.2 Å². The van der Waals surface area contributed by atoms with E-state index in [0.29, 0.717) is 25.2 Å². The second-order valence-corrected chi connectivity index (χ2v) is 9.63. The maximum Gasteiger partial charge on any atom is 0.433 e. The first kappa shape index (κ1) is 30.3. The first-order valence-electron chi connectivity index (χ1n) is 12.4. The third-order valence-corrected chi connectivity index (χ3v) is 6.67. The van der Waals surface area contributed by atoms with Gasteiger partial charge in [0.2, 0.25) is 5.91 Å². The number of nitrogens with zero attached hydrogens (tertiary/aromatic N) is 5. The first-order valence-corrected chi connectivity index (χ1v) is 12.7. The van der Waals surface area contributed by atoms with Crippen LogP contribution in [0, 0.1) is 0 Å². The number of likely N-dealkylation sites (tertiary alicyclic amines) is 1. The van der Waals surface area contributed by atoms with Crippen molar-refractivity contribution in [1.82, 2.24) is 34.8 Å². The van der Waals surface area contributed by atoms with Crippen LogP contribution in [0.1, 0.15) is 29.4 Å². The minimum Gasteiger partial charge on any atom is -0.483 e. The highest BCUT2D eigenvalue weighted by molar-refractivity contribution is 6.34. The summed E-state index contributed by atoms with van der Waals surface area (Å²) in [5.74, 6) is -0.492. The van der Waals surface area contributed by atoms with Crippen LogP contribution in [0.15, 0.2) is 43.0 Å². The molecule has 0 unspecified atom stereocenters. The summed E-state index contributed by atoms with van der Waals surface area (Å²) in [5, 5.41) is 18.2. The molecular formula is C25H25ClF3N9O4. The summed E-state index contributed by atoms with van der Waals surface area (Å²) in [7, 11) is 0. The number of rotatable bonds is 6. The molecule has 1 aromatic carbocycles. The fourth-order valence-corrected chi connectivity index (χ4v) is 4.68. The van der Waals surface area contributed by atoms with Gasteiger partial charge in [0.1, 0.15) is 11.7 Å². The van der Waals surface area contributed by atoms with Crippen LogP contribution in [0.5, 0.6) is 0 Å². The molecule has 1 aliphatic heterocycles. The number of amides is 2. The number of carbonyl (C=O) groups is 3. The molecule has 2 amide bonds. The van der Waals surface area contributed by atoms with Crippen LogP contribution in [0.2, 0.25) is 5.02 Å². The van der Waals surface area contributed by atoms with Gasteiger partial charge in [0.25, 0.3) is 12.4 Å². The molecule has 13 nitrogen and oxygen atoms in total. The zero-order valence-electron chi connectivity index (χ0n) is 21.9. The Balaban J connectivity index is 0.00000129. The predicted molar refractivity (Wildman–Crippen MR) is 145 cm³/mol. The van der Waals surface area contributed by atoms with Crippen molar-refractivity contribution in [1.29, 1.82) is 0 Å². The number of carboxylic acid groups (broad SMARTS) is 1. The summed E-state index contributed by atoms with van der Waals surface area (Å²) >= 11 is 6.38. The Bertz CT molecular complexity index is 1610. The van der Waals surface area contributed by atoms with E-state index in [2.05, 4.69) is 25.7 Å². The highest BCUT2D eigenvalue weighted by Gasteiger charge is 2.36. The molecule has 1 aliphatic rings. The Kier molecular flexibility index (Phi) is 8.96. The molecule has 4 heterocycles. The molecule has 5 rings (SSSR count). The van der Waals surface area contributed by atoms with Gasteiger partial charge < -0.3 is 26.4 Å². The van der Waals surface area contributed by atoms with Gasteiger partial charge in [-0.05, 0) is 31.5 Å². The number of benzene rings is 1. The average Bonchev–Trinajstić information content (AvgIpc) is 3.68. The fourth-order valence-electron chi connectivity index (χ4n) is 4.41. The summed E-state index contributed by atoms with van der Waals surface area (Å²) in [6, 6.07) is 3.74. The van der Waals surface area contributed by atoms with Crippen LogP contribution in [-0.2, 0) is 15.8 Å². The molecule has 222 valence electrons. The third kappa shape index (κ3) is 6.44. The maximum absolute atomic E-state index is 13.4. The normalized spacial score (nSPS) is 15.6. The van der Waals surface area contributed by atoms with Crippen LogP contribution in [0.25, 0.3) is 16.9 Å². The van der Waals surface area contributed by atoms with E-state index in [1.807, 2.05) is 5.10 Å². The summed E-state index contributed by atoms with van der Waals surface area (Å²) in [4.78, 5) is 43.8. The number of carbonyl (C=O) groups excluding carboxylic acids is 2. The Morgan fingerprint density at radius 3 is 2.67 bits per heavy atom. The fraction of sp³-hybridized carbons (Fsp3) is 0.280. The number of fused-ring (bicyclic) bond motifs is 1. The minimum atomic E-state index is -4.62. The topological polar surface area (TPSA) is 184 Å². The number of nitrogens with two attached hydrogens (primary N) is 1. The Morgan fingerprint density at radius 2 is 2.02 bits per heavy atom. The van der Waals surface area contributed by atoms with Crippen LogP contribution in [-0.4, -0.2) is 78.0 Å². The molecule has 1 fully saturated rings. The van der Waals surface area contributed by atoms with E-state index in [4.69, 9.17) is 27.2 Å². The van der Waals surface area contributed by atoms with E-state index in [1.54, 1.807) is 17.9 Å². The first-order chi connectivity index (χ1) is 19.9. The largest absolute Gasteiger partial charge is 0.483 e. The molecule has 3 aromatic heterocycles. The van der Waals surface area contributed by atoms with E-state index in [-0.39, 0.29) is 51.7 Å². The molecule has 42 heavy (non-hydrogen) atoms. The number of halogens is 4. The number of H-pyrrole nitrogens is 1. The van der Waals surface area contributed by atoms with Crippen LogP contribution >= 0.6 is 11.6 Å². The van der Waals surface area contributed by atoms with Gasteiger partial charge in [-0.1, -0.05) is 11.6 Å². The number of anilines is 2. The van der Waals surface area contributed by atoms with Crippen LogP contribution in [0.4, 0.5) is 24.7 Å². The lowest BCUT2D eigenvalue weighted by Gasteiger charge is -2.21. The Morgan fingerprint density at radius 1 is 1.29 bits per heavy atom. The maximum atomic E-state index is 13.4. The van der Waals surface area contributed by atoms with Crippen LogP contribution in [0.3, 0.4) is 0 Å². The van der Waals surface area contributed by atoms with Crippen molar-refractivity contribution in [3.63, 3.8) is 0 Å². The summed E-state index contributed by atoms with van der Waals surface area (Å²) in [6.45, 7) is 2.34. The minimum absolute atomic E-state index is 0.0664. The number of imidazole rings is 1. The average molecular weight is 608 g/mol. The summed E-state index contributed by atoms with van der Waals surface area (Å²) in [5.41, 5.74) is 5.75. The molecule has 4 aromatic rings. The summed E-state index contributed by atoms with van der Waals surface area (Å²) in [6.07, 6.45) is 1.35. The van der Waals surface area contributed by atoms with Gasteiger partial charge in [0.05, 0.1) is 34.2 Å². The molecule has 0 saturated carbocycles. The number of hydrogen-bond acceptors (Lipinski definition) is 8. The second-order valence-electron chi connectivity index (χ2n) is 9.22. The predicted octanol–water partition coefficient (Wildman–Crippen LogP) is 2.91. The lowest BCUT2D eigenvalue weighted by molar-refractivity contribution is -0.140. The van der Waals surface area contributed by atoms with E-state index in [0.717, 1.165) is 6.20 Å². The molecular weight excluding hydrogens is 583 g/mol. The third-order valence-electron chi connectivity index (χ3n) is 6.36. The van der Waals surface area contributed by atoms with E-state index in [1.165, 1.54) is 35.1 Å². The van der Waals surface area contributed by atoms with Crippen molar-refractivity contribution < 1.29 is 32.7 Å². The number of alkyl halides is 3. The molecule has 6 N–H and O–H groups in total. The van der Waals surface area contributed by atoms with Gasteiger partial charge in [-0.3, -0.25) is 23.9 Å². The van der Waals surface area contributed by atoms with Crippen molar-refractivity contribution in [3.8, 4) is 11.3 Å². The summed E-state index contributed by atoms with van der Waals surface area (Å²) < 4.78 is 41.6. The Labute approximate surface area is 240 Å². The van der Waals surface area contributed by atoms with E-state index >= 15 is 0 Å². The SMILES string of the molecule is C[C@@H](NC(=O)c1ccc(Nc2nccn3c(-c4cn[nH]c4C(F)(F)F)cnc23)cc1Cl)C(=O)N1CC[C@@H](N)C1.O=CO. The van der Waals surface area contributed by atoms with Crippen molar-refractivity contribution in [3.05, 3.63) is 59.3 Å². The van der Waals surface area contributed by atoms with Gasteiger partial charge in [-0.15, -0.1) is 0 Å². The van der Waals surface area contributed by atoms with Crippen molar-refractivity contribution >= 4 is 47.0 Å². The zero-order valence-corrected chi connectivity index (χ0v) is 22.6. The smallest absolute Gasteiger partial charge is 0.433 e. The molecule has 0 aliphatic carbocycles. The van der Waals surface area contributed by atoms with Gasteiger partial charge >= 0.3 is 6.18 Å². The molecule has 2 atom stereocenters. The Hall–Kier alpha value is -4.70. The van der Waals surface area contributed by atoms with Crippen molar-refractivity contribution in [2.45, 2.75) is 31.6 Å². The van der Waals surface area contributed by atoms with E-state index in [9.17, 15) is 22.8 Å². The number of aromatic nitrogens is 5. The van der Waals surface area contributed by atoms with E-state index < -0.39 is 23.8 Å². The highest BCUT2D eigenvalue weighted by atomic mass is 35.5. The zero-order chi connectivity index (χ0) is 30.6.